The molecule has 112 valence electrons. The molecule has 0 spiro atoms. The van der Waals surface area contributed by atoms with E-state index in [1.165, 1.54) is 11.3 Å². The maximum absolute atomic E-state index is 12.8. The zero-order chi connectivity index (χ0) is 14.8. The standard InChI is InChI=1S/C14H22N2O2S2/c1-4-8-16(12-5-6-12)20(17,18)14-7-9-19-13(14)10-15-11(2)3/h4,7,9,11-12,15H,1,5-6,8,10H2,2-3H3. The summed E-state index contributed by atoms with van der Waals surface area (Å²) in [4.78, 5) is 1.33. The van der Waals surface area contributed by atoms with Gasteiger partial charge >= 0.3 is 0 Å². The van der Waals surface area contributed by atoms with Gasteiger partial charge in [0.25, 0.3) is 0 Å². The number of sulfonamides is 1. The summed E-state index contributed by atoms with van der Waals surface area (Å²) in [5.41, 5.74) is 0. The first kappa shape index (κ1) is 15.7. The fraction of sp³-hybridized carbons (Fsp3) is 0.571. The Bertz CT molecular complexity index is 559. The Balaban J connectivity index is 2.24. The molecule has 0 bridgehead atoms. The summed E-state index contributed by atoms with van der Waals surface area (Å²) < 4.78 is 27.2. The van der Waals surface area contributed by atoms with Gasteiger partial charge in [0.1, 0.15) is 0 Å². The molecular formula is C14H22N2O2S2. The van der Waals surface area contributed by atoms with Crippen LogP contribution in [0.2, 0.25) is 0 Å². The van der Waals surface area contributed by atoms with Crippen LogP contribution in [0.4, 0.5) is 0 Å². The van der Waals surface area contributed by atoms with Crippen molar-refractivity contribution in [3.8, 4) is 0 Å². The van der Waals surface area contributed by atoms with Gasteiger partial charge in [0.05, 0.1) is 4.90 Å². The van der Waals surface area contributed by atoms with Gasteiger partial charge in [-0.2, -0.15) is 4.31 Å². The Morgan fingerprint density at radius 2 is 2.25 bits per heavy atom. The second-order valence-corrected chi connectivity index (χ2v) is 8.20. The summed E-state index contributed by atoms with van der Waals surface area (Å²) in [5.74, 6) is 0. The van der Waals surface area contributed by atoms with E-state index < -0.39 is 10.0 Å². The van der Waals surface area contributed by atoms with E-state index in [0.717, 1.165) is 17.7 Å². The molecule has 6 heteroatoms. The van der Waals surface area contributed by atoms with Crippen molar-refractivity contribution in [1.29, 1.82) is 0 Å². The van der Waals surface area contributed by atoms with E-state index in [1.54, 1.807) is 16.4 Å². The molecule has 0 saturated heterocycles. The molecule has 1 saturated carbocycles. The van der Waals surface area contributed by atoms with Gasteiger partial charge in [0, 0.05) is 30.1 Å². The lowest BCUT2D eigenvalue weighted by atomic mass is 10.4. The molecule has 1 heterocycles. The van der Waals surface area contributed by atoms with Gasteiger partial charge in [-0.25, -0.2) is 8.42 Å². The maximum Gasteiger partial charge on any atom is 0.244 e. The molecule has 4 nitrogen and oxygen atoms in total. The number of thiophene rings is 1. The summed E-state index contributed by atoms with van der Waals surface area (Å²) in [5, 5.41) is 5.13. The van der Waals surface area contributed by atoms with Crippen molar-refractivity contribution in [1.82, 2.24) is 9.62 Å². The third-order valence-corrected chi connectivity index (χ3v) is 6.28. The van der Waals surface area contributed by atoms with Gasteiger partial charge in [-0.1, -0.05) is 19.9 Å². The van der Waals surface area contributed by atoms with Gasteiger partial charge in [-0.05, 0) is 24.3 Å². The largest absolute Gasteiger partial charge is 0.310 e. The van der Waals surface area contributed by atoms with E-state index in [0.29, 0.717) is 24.0 Å². The van der Waals surface area contributed by atoms with Crippen LogP contribution in [0.1, 0.15) is 31.6 Å². The first-order chi connectivity index (χ1) is 9.46. The van der Waals surface area contributed by atoms with Crippen LogP contribution in [0.15, 0.2) is 29.0 Å². The van der Waals surface area contributed by atoms with Crippen LogP contribution in [0.5, 0.6) is 0 Å². The molecule has 1 aromatic heterocycles. The van der Waals surface area contributed by atoms with Crippen molar-refractivity contribution in [2.75, 3.05) is 6.54 Å². The quantitative estimate of drug-likeness (QED) is 0.750. The molecule has 0 aliphatic heterocycles. The zero-order valence-electron chi connectivity index (χ0n) is 12.0. The van der Waals surface area contributed by atoms with Crippen molar-refractivity contribution in [3.05, 3.63) is 29.0 Å². The summed E-state index contributed by atoms with van der Waals surface area (Å²) in [6, 6.07) is 2.21. The second kappa shape index (κ2) is 6.39. The minimum atomic E-state index is -3.40. The molecule has 1 aromatic rings. The molecular weight excluding hydrogens is 292 g/mol. The molecule has 1 aliphatic carbocycles. The van der Waals surface area contributed by atoms with E-state index >= 15 is 0 Å². The average Bonchev–Trinajstić information content (AvgIpc) is 3.09. The monoisotopic (exact) mass is 314 g/mol. The third-order valence-electron chi connectivity index (χ3n) is 3.23. The van der Waals surface area contributed by atoms with E-state index in [1.807, 2.05) is 5.38 Å². The molecule has 0 amide bonds. The van der Waals surface area contributed by atoms with Crippen molar-refractivity contribution < 1.29 is 8.42 Å². The predicted molar refractivity (Wildman–Crippen MR) is 83.4 cm³/mol. The summed E-state index contributed by atoms with van der Waals surface area (Å²) >= 11 is 1.49. The summed E-state index contributed by atoms with van der Waals surface area (Å²) in [6.45, 7) is 8.76. The smallest absolute Gasteiger partial charge is 0.244 e. The fourth-order valence-corrected chi connectivity index (χ4v) is 5.07. The SMILES string of the molecule is C=CCN(C1CC1)S(=O)(=O)c1ccsc1CNC(C)C. The van der Waals surface area contributed by atoms with Crippen LogP contribution < -0.4 is 5.32 Å². The van der Waals surface area contributed by atoms with E-state index in [9.17, 15) is 8.42 Å². The van der Waals surface area contributed by atoms with Crippen LogP contribution in [-0.2, 0) is 16.6 Å². The van der Waals surface area contributed by atoms with Gasteiger partial charge in [-0.15, -0.1) is 17.9 Å². The van der Waals surface area contributed by atoms with Crippen molar-refractivity contribution >= 4 is 21.4 Å². The number of hydrogen-bond acceptors (Lipinski definition) is 4. The van der Waals surface area contributed by atoms with E-state index in [-0.39, 0.29) is 6.04 Å². The van der Waals surface area contributed by atoms with Gasteiger partial charge in [0.2, 0.25) is 10.0 Å². The Labute approximate surface area is 125 Å². The average molecular weight is 314 g/mol. The molecule has 1 aliphatic rings. The lowest BCUT2D eigenvalue weighted by molar-refractivity contribution is 0.435. The Kier molecular flexibility index (Phi) is 5.01. The first-order valence-corrected chi connectivity index (χ1v) is 9.21. The lowest BCUT2D eigenvalue weighted by Gasteiger charge is -2.20. The molecule has 2 rings (SSSR count). The van der Waals surface area contributed by atoms with Gasteiger partial charge in [-0.3, -0.25) is 0 Å². The minimum Gasteiger partial charge on any atom is -0.310 e. The summed E-state index contributed by atoms with van der Waals surface area (Å²) in [7, 11) is -3.40. The predicted octanol–water partition coefficient (Wildman–Crippen LogP) is 2.59. The Morgan fingerprint density at radius 1 is 1.55 bits per heavy atom. The number of nitrogens with one attached hydrogen (secondary N) is 1. The highest BCUT2D eigenvalue weighted by Crippen LogP contribution is 2.34. The Hall–Kier alpha value is -0.690. The molecule has 0 radical (unpaired) electrons. The fourth-order valence-electron chi connectivity index (χ4n) is 2.04. The van der Waals surface area contributed by atoms with Crippen molar-refractivity contribution in [2.45, 2.75) is 50.2 Å². The van der Waals surface area contributed by atoms with E-state index in [2.05, 4.69) is 25.7 Å². The minimum absolute atomic E-state index is 0.156. The second-order valence-electron chi connectivity index (χ2n) is 5.34. The number of hydrogen-bond donors (Lipinski definition) is 1. The summed E-state index contributed by atoms with van der Waals surface area (Å²) in [6.07, 6.45) is 3.57. The molecule has 0 unspecified atom stereocenters. The number of nitrogens with zero attached hydrogens (tertiary/aromatic N) is 1. The third kappa shape index (κ3) is 3.49. The topological polar surface area (TPSA) is 49.4 Å². The Morgan fingerprint density at radius 3 is 2.80 bits per heavy atom. The van der Waals surface area contributed by atoms with Crippen LogP contribution in [0.25, 0.3) is 0 Å². The highest BCUT2D eigenvalue weighted by Gasteiger charge is 2.38. The van der Waals surface area contributed by atoms with Crippen LogP contribution >= 0.6 is 11.3 Å². The molecule has 20 heavy (non-hydrogen) atoms. The van der Waals surface area contributed by atoms with E-state index in [4.69, 9.17) is 0 Å². The van der Waals surface area contributed by atoms with Crippen LogP contribution in [0, 0.1) is 0 Å². The molecule has 0 atom stereocenters. The number of rotatable bonds is 8. The van der Waals surface area contributed by atoms with Gasteiger partial charge in [0.15, 0.2) is 0 Å². The van der Waals surface area contributed by atoms with Crippen LogP contribution in [-0.4, -0.2) is 31.4 Å². The van der Waals surface area contributed by atoms with Crippen molar-refractivity contribution in [2.24, 2.45) is 0 Å². The highest BCUT2D eigenvalue weighted by atomic mass is 32.2. The highest BCUT2D eigenvalue weighted by molar-refractivity contribution is 7.89. The molecule has 1 fully saturated rings. The normalized spacial score (nSPS) is 16.0. The molecule has 1 N–H and O–H groups in total. The molecule has 0 aromatic carbocycles. The lowest BCUT2D eigenvalue weighted by Crippen LogP contribution is -2.34. The maximum atomic E-state index is 12.8. The van der Waals surface area contributed by atoms with Crippen molar-refractivity contribution in [3.63, 3.8) is 0 Å². The van der Waals surface area contributed by atoms with Gasteiger partial charge < -0.3 is 5.32 Å². The first-order valence-electron chi connectivity index (χ1n) is 6.89. The van der Waals surface area contributed by atoms with Crippen LogP contribution in [0.3, 0.4) is 0 Å². The zero-order valence-corrected chi connectivity index (χ0v) is 13.6.